The van der Waals surface area contributed by atoms with Crippen LogP contribution in [0.4, 0.5) is 5.82 Å². The van der Waals surface area contributed by atoms with E-state index in [9.17, 15) is 4.79 Å². The Hall–Kier alpha value is -2.83. The van der Waals surface area contributed by atoms with Crippen molar-refractivity contribution in [3.63, 3.8) is 0 Å². The summed E-state index contributed by atoms with van der Waals surface area (Å²) in [6.45, 7) is 4.51. The first kappa shape index (κ1) is 17.3. The highest BCUT2D eigenvalue weighted by Gasteiger charge is 2.26. The summed E-state index contributed by atoms with van der Waals surface area (Å²) in [6.07, 6.45) is 7.91. The molecule has 4 heterocycles. The number of piperidine rings is 1. The van der Waals surface area contributed by atoms with Gasteiger partial charge in [0, 0.05) is 37.8 Å². The summed E-state index contributed by atoms with van der Waals surface area (Å²) < 4.78 is 1.78. The molecule has 1 saturated heterocycles. The average Bonchev–Trinajstić information content (AvgIpc) is 3.55. The van der Waals surface area contributed by atoms with Crippen LogP contribution in [-0.2, 0) is 6.54 Å². The van der Waals surface area contributed by atoms with E-state index in [1.807, 2.05) is 19.1 Å². The van der Waals surface area contributed by atoms with Crippen LogP contribution in [0.25, 0.3) is 11.0 Å². The Morgan fingerprint density at radius 1 is 1.11 bits per heavy atom. The van der Waals surface area contributed by atoms with E-state index in [0.717, 1.165) is 60.8 Å². The summed E-state index contributed by atoms with van der Waals surface area (Å²) in [5.74, 6) is 2.72. The third kappa shape index (κ3) is 3.37. The normalized spacial score (nSPS) is 18.0. The lowest BCUT2D eigenvalue weighted by atomic mass is 9.96. The van der Waals surface area contributed by atoms with Crippen molar-refractivity contribution >= 4 is 16.9 Å². The molecule has 0 N–H and O–H groups in total. The Kier molecular flexibility index (Phi) is 4.30. The SMILES string of the molecule is Cc1nc(N2CCC(Cn3cnc(C4CC4)cc3=O)CC2)c2cccnc2n1. The number of hydrogen-bond acceptors (Lipinski definition) is 6. The highest BCUT2D eigenvalue weighted by atomic mass is 16.1. The van der Waals surface area contributed by atoms with E-state index in [0.29, 0.717) is 11.8 Å². The molecule has 0 aromatic carbocycles. The second-order valence-electron chi connectivity index (χ2n) is 7.98. The summed E-state index contributed by atoms with van der Waals surface area (Å²) in [6, 6.07) is 5.70. The minimum atomic E-state index is 0.0859. The standard InChI is InChI=1S/C21H24N6O/c1-14-24-20-17(3-2-8-22-20)21(25-14)26-9-6-15(7-10-26)12-27-13-23-18(11-19(27)28)16-4-5-16/h2-3,8,11,13,15-16H,4-7,9-10,12H2,1H3. The van der Waals surface area contributed by atoms with Crippen LogP contribution in [0.15, 0.2) is 35.5 Å². The maximum Gasteiger partial charge on any atom is 0.253 e. The van der Waals surface area contributed by atoms with E-state index in [-0.39, 0.29) is 5.56 Å². The molecule has 7 nitrogen and oxygen atoms in total. The molecule has 144 valence electrons. The second kappa shape index (κ2) is 6.96. The fraction of sp³-hybridized carbons (Fsp3) is 0.476. The van der Waals surface area contributed by atoms with Crippen molar-refractivity contribution in [2.75, 3.05) is 18.0 Å². The molecule has 0 unspecified atom stereocenters. The quantitative estimate of drug-likeness (QED) is 0.697. The van der Waals surface area contributed by atoms with Crippen molar-refractivity contribution < 1.29 is 0 Å². The number of anilines is 1. The van der Waals surface area contributed by atoms with Crippen LogP contribution in [0.5, 0.6) is 0 Å². The van der Waals surface area contributed by atoms with Gasteiger partial charge in [0.1, 0.15) is 11.6 Å². The highest BCUT2D eigenvalue weighted by Crippen LogP contribution is 2.38. The number of nitrogens with zero attached hydrogens (tertiary/aromatic N) is 6. The monoisotopic (exact) mass is 376 g/mol. The summed E-state index contributed by atoms with van der Waals surface area (Å²) in [7, 11) is 0. The van der Waals surface area contributed by atoms with E-state index in [2.05, 4.69) is 24.8 Å². The van der Waals surface area contributed by atoms with Gasteiger partial charge >= 0.3 is 0 Å². The molecule has 0 amide bonds. The molecule has 28 heavy (non-hydrogen) atoms. The van der Waals surface area contributed by atoms with Gasteiger partial charge in [0.25, 0.3) is 5.56 Å². The molecule has 0 spiro atoms. The third-order valence-corrected chi connectivity index (χ3v) is 5.83. The van der Waals surface area contributed by atoms with Gasteiger partial charge in [-0.25, -0.2) is 19.9 Å². The molecule has 0 radical (unpaired) electrons. The highest BCUT2D eigenvalue weighted by molar-refractivity contribution is 5.86. The Balaban J connectivity index is 1.29. The number of rotatable bonds is 4. The lowest BCUT2D eigenvalue weighted by Gasteiger charge is -2.33. The summed E-state index contributed by atoms with van der Waals surface area (Å²) in [5, 5.41) is 1.00. The fourth-order valence-corrected chi connectivity index (χ4v) is 4.08. The lowest BCUT2D eigenvalue weighted by Crippen LogP contribution is -2.37. The zero-order valence-electron chi connectivity index (χ0n) is 16.1. The average molecular weight is 376 g/mol. The van der Waals surface area contributed by atoms with Gasteiger partial charge in [-0.15, -0.1) is 0 Å². The molecular formula is C21H24N6O. The second-order valence-corrected chi connectivity index (χ2v) is 7.98. The van der Waals surface area contributed by atoms with Crippen LogP contribution in [0, 0.1) is 12.8 Å². The minimum absolute atomic E-state index is 0.0859. The molecule has 0 atom stereocenters. The van der Waals surface area contributed by atoms with Crippen molar-refractivity contribution in [2.45, 2.75) is 45.1 Å². The van der Waals surface area contributed by atoms with Crippen molar-refractivity contribution in [1.82, 2.24) is 24.5 Å². The number of fused-ring (bicyclic) bond motifs is 1. The first-order valence-corrected chi connectivity index (χ1v) is 10.1. The molecule has 1 aliphatic carbocycles. The van der Waals surface area contributed by atoms with Gasteiger partial charge in [-0.3, -0.25) is 9.36 Å². The molecule has 1 aliphatic heterocycles. The van der Waals surface area contributed by atoms with E-state index in [1.165, 1.54) is 12.8 Å². The summed E-state index contributed by atoms with van der Waals surface area (Å²) >= 11 is 0. The zero-order chi connectivity index (χ0) is 19.1. The van der Waals surface area contributed by atoms with Crippen LogP contribution in [0.1, 0.15) is 43.1 Å². The van der Waals surface area contributed by atoms with E-state index >= 15 is 0 Å². The predicted octanol–water partition coefficient (Wildman–Crippen LogP) is 2.68. The number of pyridine rings is 1. The topological polar surface area (TPSA) is 76.8 Å². The van der Waals surface area contributed by atoms with E-state index in [1.54, 1.807) is 23.2 Å². The minimum Gasteiger partial charge on any atom is -0.356 e. The van der Waals surface area contributed by atoms with Gasteiger partial charge < -0.3 is 4.90 Å². The van der Waals surface area contributed by atoms with Crippen LogP contribution in [-0.4, -0.2) is 37.6 Å². The van der Waals surface area contributed by atoms with Crippen molar-refractivity contribution in [3.8, 4) is 0 Å². The number of hydrogen-bond donors (Lipinski definition) is 0. The first-order valence-electron chi connectivity index (χ1n) is 10.1. The Morgan fingerprint density at radius 3 is 2.68 bits per heavy atom. The molecule has 5 rings (SSSR count). The van der Waals surface area contributed by atoms with E-state index < -0.39 is 0 Å². The molecule has 1 saturated carbocycles. The van der Waals surface area contributed by atoms with Gasteiger partial charge in [-0.2, -0.15) is 0 Å². The van der Waals surface area contributed by atoms with Crippen LogP contribution >= 0.6 is 0 Å². The number of aryl methyl sites for hydroxylation is 1. The van der Waals surface area contributed by atoms with Crippen LogP contribution in [0.2, 0.25) is 0 Å². The van der Waals surface area contributed by atoms with Crippen molar-refractivity contribution in [2.24, 2.45) is 5.92 Å². The maximum absolute atomic E-state index is 12.4. The first-order chi connectivity index (χ1) is 13.7. The molecule has 2 aliphatic rings. The Labute approximate surface area is 163 Å². The third-order valence-electron chi connectivity index (χ3n) is 5.83. The largest absolute Gasteiger partial charge is 0.356 e. The fourth-order valence-electron chi connectivity index (χ4n) is 4.08. The van der Waals surface area contributed by atoms with Gasteiger partial charge in [0.05, 0.1) is 17.4 Å². The van der Waals surface area contributed by atoms with Gasteiger partial charge in [-0.1, -0.05) is 0 Å². The summed E-state index contributed by atoms with van der Waals surface area (Å²) in [4.78, 5) is 32.7. The van der Waals surface area contributed by atoms with Gasteiger partial charge in [-0.05, 0) is 50.7 Å². The van der Waals surface area contributed by atoms with Crippen molar-refractivity contribution in [3.05, 3.63) is 52.6 Å². The Bertz CT molecular complexity index is 1070. The predicted molar refractivity (Wildman–Crippen MR) is 107 cm³/mol. The van der Waals surface area contributed by atoms with Gasteiger partial charge in [0.15, 0.2) is 5.65 Å². The molecular weight excluding hydrogens is 352 g/mol. The van der Waals surface area contributed by atoms with Crippen molar-refractivity contribution in [1.29, 1.82) is 0 Å². The maximum atomic E-state index is 12.4. The smallest absolute Gasteiger partial charge is 0.253 e. The molecule has 2 fully saturated rings. The molecule has 3 aromatic rings. The molecule has 3 aromatic heterocycles. The molecule has 7 heteroatoms. The molecule has 0 bridgehead atoms. The zero-order valence-corrected chi connectivity index (χ0v) is 16.1. The summed E-state index contributed by atoms with van der Waals surface area (Å²) in [5.41, 5.74) is 1.80. The van der Waals surface area contributed by atoms with Crippen LogP contribution in [0.3, 0.4) is 0 Å². The van der Waals surface area contributed by atoms with Crippen LogP contribution < -0.4 is 10.5 Å². The number of aromatic nitrogens is 5. The Morgan fingerprint density at radius 2 is 1.93 bits per heavy atom. The van der Waals surface area contributed by atoms with E-state index in [4.69, 9.17) is 0 Å². The van der Waals surface area contributed by atoms with Gasteiger partial charge in [0.2, 0.25) is 0 Å². The lowest BCUT2D eigenvalue weighted by molar-refractivity contribution is 0.350.